The van der Waals surface area contributed by atoms with E-state index in [1.807, 2.05) is 32.0 Å². The van der Waals surface area contributed by atoms with Gasteiger partial charge in [-0.2, -0.15) is 5.10 Å². The van der Waals surface area contributed by atoms with E-state index in [4.69, 9.17) is 4.74 Å². The lowest BCUT2D eigenvalue weighted by atomic mass is 9.78. The molecule has 1 aliphatic carbocycles. The lowest BCUT2D eigenvalue weighted by Gasteiger charge is -2.35. The standard InChI is InChI=1S/C25H28FN5O2/c1-17-13-20(14-18(2)28-17)30-16-25(33-24(30)32)10-7-19(8-11-25)15-27-23-9-12-31(29-23)22-6-4-3-5-21(22)26/h3-6,9,12-14,19H,7-8,10-11,15-16H2,1-2H3,(H,27,29)/t19-,25-. The smallest absolute Gasteiger partial charge is 0.415 e. The third-order valence-corrected chi connectivity index (χ3v) is 6.63. The topological polar surface area (TPSA) is 72.3 Å². The van der Waals surface area contributed by atoms with Crippen LogP contribution in [0, 0.1) is 25.6 Å². The number of hydrogen-bond donors (Lipinski definition) is 1. The van der Waals surface area contributed by atoms with E-state index in [0.29, 0.717) is 18.2 Å². The average Bonchev–Trinajstić information content (AvgIpc) is 3.38. The molecule has 1 N–H and O–H groups in total. The fraction of sp³-hybridized carbons (Fsp3) is 0.400. The molecular weight excluding hydrogens is 421 g/mol. The van der Waals surface area contributed by atoms with Crippen molar-refractivity contribution in [3.8, 4) is 5.69 Å². The largest absolute Gasteiger partial charge is 0.441 e. The maximum atomic E-state index is 14.0. The van der Waals surface area contributed by atoms with Crippen LogP contribution in [0.25, 0.3) is 5.69 Å². The lowest BCUT2D eigenvalue weighted by molar-refractivity contribution is 0.0148. The average molecular weight is 450 g/mol. The quantitative estimate of drug-likeness (QED) is 0.592. The lowest BCUT2D eigenvalue weighted by Crippen LogP contribution is -2.39. The van der Waals surface area contributed by atoms with Crippen molar-refractivity contribution >= 4 is 17.6 Å². The normalized spacial score (nSPS) is 22.6. The van der Waals surface area contributed by atoms with Gasteiger partial charge >= 0.3 is 6.09 Å². The van der Waals surface area contributed by atoms with Crippen LogP contribution in [0.4, 0.5) is 20.7 Å². The summed E-state index contributed by atoms with van der Waals surface area (Å²) in [5, 5.41) is 7.83. The van der Waals surface area contributed by atoms with Gasteiger partial charge in [0.2, 0.25) is 0 Å². The molecule has 1 aromatic carbocycles. The van der Waals surface area contributed by atoms with Gasteiger partial charge in [-0.05, 0) is 69.7 Å². The molecule has 1 spiro atoms. The van der Waals surface area contributed by atoms with E-state index in [9.17, 15) is 9.18 Å². The van der Waals surface area contributed by atoms with Gasteiger partial charge in [0.25, 0.3) is 0 Å². The Morgan fingerprint density at radius 1 is 1.15 bits per heavy atom. The van der Waals surface area contributed by atoms with Crippen molar-refractivity contribution in [1.29, 1.82) is 0 Å². The molecule has 0 atom stereocenters. The van der Waals surface area contributed by atoms with E-state index in [1.165, 1.54) is 6.07 Å². The number of ether oxygens (including phenoxy) is 1. The molecule has 0 radical (unpaired) electrons. The zero-order chi connectivity index (χ0) is 23.0. The molecule has 8 heteroatoms. The monoisotopic (exact) mass is 449 g/mol. The van der Waals surface area contributed by atoms with Gasteiger partial charge < -0.3 is 10.1 Å². The van der Waals surface area contributed by atoms with Crippen LogP contribution >= 0.6 is 0 Å². The first-order chi connectivity index (χ1) is 15.9. The number of hydrogen-bond acceptors (Lipinski definition) is 5. The molecule has 1 saturated carbocycles. The van der Waals surface area contributed by atoms with E-state index < -0.39 is 5.60 Å². The number of anilines is 2. The number of para-hydroxylation sites is 1. The van der Waals surface area contributed by atoms with E-state index in [-0.39, 0.29) is 11.9 Å². The number of nitrogens with one attached hydrogen (secondary N) is 1. The van der Waals surface area contributed by atoms with Crippen molar-refractivity contribution in [2.75, 3.05) is 23.3 Å². The minimum atomic E-state index is -0.412. The summed E-state index contributed by atoms with van der Waals surface area (Å²) in [5.74, 6) is 0.884. The maximum Gasteiger partial charge on any atom is 0.415 e. The number of nitrogens with zero attached hydrogens (tertiary/aromatic N) is 4. The highest BCUT2D eigenvalue weighted by atomic mass is 19.1. The SMILES string of the molecule is Cc1cc(N2C[C@]3(CC[C@@H](CNc4ccn(-c5ccccc5F)n4)CC3)OC2=O)cc(C)n1. The molecule has 5 rings (SSSR count). The summed E-state index contributed by atoms with van der Waals surface area (Å²) in [6, 6.07) is 12.3. The van der Waals surface area contributed by atoms with Gasteiger partial charge in [0.15, 0.2) is 0 Å². The van der Waals surface area contributed by atoms with Gasteiger partial charge in [0.05, 0.1) is 12.2 Å². The number of carbonyl (C=O) groups excluding carboxylic acids is 1. The van der Waals surface area contributed by atoms with E-state index in [1.54, 1.807) is 34.0 Å². The number of aryl methyl sites for hydroxylation is 2. The number of aromatic nitrogens is 3. The molecule has 3 heterocycles. The van der Waals surface area contributed by atoms with Gasteiger partial charge in [-0.25, -0.2) is 13.9 Å². The molecule has 3 aromatic rings. The summed E-state index contributed by atoms with van der Waals surface area (Å²) in [6.45, 7) is 5.24. The molecule has 2 fully saturated rings. The Hall–Kier alpha value is -3.42. The molecule has 2 aromatic heterocycles. The second-order valence-electron chi connectivity index (χ2n) is 9.17. The molecule has 33 heavy (non-hydrogen) atoms. The predicted molar refractivity (Wildman–Crippen MR) is 124 cm³/mol. The predicted octanol–water partition coefficient (Wildman–Crippen LogP) is 5.02. The molecule has 0 bridgehead atoms. The van der Waals surface area contributed by atoms with Gasteiger partial charge in [-0.15, -0.1) is 0 Å². The molecule has 2 aliphatic rings. The summed E-state index contributed by atoms with van der Waals surface area (Å²) < 4.78 is 21.4. The second-order valence-corrected chi connectivity index (χ2v) is 9.17. The first-order valence-electron chi connectivity index (χ1n) is 11.4. The fourth-order valence-electron chi connectivity index (χ4n) is 4.90. The zero-order valence-corrected chi connectivity index (χ0v) is 18.9. The van der Waals surface area contributed by atoms with Crippen LogP contribution in [0.1, 0.15) is 37.1 Å². The number of pyridine rings is 1. The Morgan fingerprint density at radius 2 is 1.88 bits per heavy atom. The molecule has 1 saturated heterocycles. The number of halogens is 1. The summed E-state index contributed by atoms with van der Waals surface area (Å²) >= 11 is 0. The highest BCUT2D eigenvalue weighted by Gasteiger charge is 2.47. The summed E-state index contributed by atoms with van der Waals surface area (Å²) in [4.78, 5) is 18.8. The summed E-state index contributed by atoms with van der Waals surface area (Å²) in [5.41, 5.74) is 2.66. The van der Waals surface area contributed by atoms with E-state index in [0.717, 1.165) is 55.1 Å². The molecule has 1 aliphatic heterocycles. The maximum absolute atomic E-state index is 14.0. The zero-order valence-electron chi connectivity index (χ0n) is 18.9. The Kier molecular flexibility index (Phi) is 5.52. The Labute approximate surface area is 192 Å². The molecular formula is C25H28FN5O2. The van der Waals surface area contributed by atoms with Crippen LogP contribution < -0.4 is 10.2 Å². The third-order valence-electron chi connectivity index (χ3n) is 6.63. The van der Waals surface area contributed by atoms with E-state index in [2.05, 4.69) is 15.4 Å². The molecule has 1 amide bonds. The van der Waals surface area contributed by atoms with Gasteiger partial charge in [0, 0.05) is 30.2 Å². The van der Waals surface area contributed by atoms with Crippen LogP contribution in [-0.4, -0.2) is 39.5 Å². The van der Waals surface area contributed by atoms with Crippen LogP contribution in [0.5, 0.6) is 0 Å². The first kappa shape index (κ1) is 21.4. The second kappa shape index (κ2) is 8.50. The van der Waals surface area contributed by atoms with Crippen LogP contribution in [0.2, 0.25) is 0 Å². The first-order valence-corrected chi connectivity index (χ1v) is 11.4. The van der Waals surface area contributed by atoms with Crippen LogP contribution in [-0.2, 0) is 4.74 Å². The number of carbonyl (C=O) groups is 1. The molecule has 0 unspecified atom stereocenters. The van der Waals surface area contributed by atoms with Gasteiger partial charge in [-0.1, -0.05) is 12.1 Å². The minimum absolute atomic E-state index is 0.268. The molecule has 7 nitrogen and oxygen atoms in total. The van der Waals surface area contributed by atoms with Crippen molar-refractivity contribution in [2.45, 2.75) is 45.1 Å². The van der Waals surface area contributed by atoms with Crippen molar-refractivity contribution < 1.29 is 13.9 Å². The van der Waals surface area contributed by atoms with Crippen LogP contribution in [0.3, 0.4) is 0 Å². The highest BCUT2D eigenvalue weighted by Crippen LogP contribution is 2.41. The molecule has 172 valence electrons. The summed E-state index contributed by atoms with van der Waals surface area (Å²) in [7, 11) is 0. The number of amides is 1. The number of rotatable bonds is 5. The Morgan fingerprint density at radius 3 is 2.61 bits per heavy atom. The van der Waals surface area contributed by atoms with Crippen LogP contribution in [0.15, 0.2) is 48.7 Å². The van der Waals surface area contributed by atoms with Crippen molar-refractivity contribution in [2.24, 2.45) is 5.92 Å². The van der Waals surface area contributed by atoms with Gasteiger partial charge in [0.1, 0.15) is 22.9 Å². The Balaban J connectivity index is 1.17. The fourth-order valence-corrected chi connectivity index (χ4v) is 4.90. The number of benzene rings is 1. The highest BCUT2D eigenvalue weighted by molar-refractivity contribution is 5.90. The van der Waals surface area contributed by atoms with Crippen molar-refractivity contribution in [1.82, 2.24) is 14.8 Å². The van der Waals surface area contributed by atoms with Crippen molar-refractivity contribution in [3.05, 3.63) is 65.9 Å². The summed E-state index contributed by atoms with van der Waals surface area (Å²) in [6.07, 6.45) is 5.11. The van der Waals surface area contributed by atoms with Gasteiger partial charge in [-0.3, -0.25) is 9.88 Å². The van der Waals surface area contributed by atoms with Crippen molar-refractivity contribution in [3.63, 3.8) is 0 Å². The minimum Gasteiger partial charge on any atom is -0.441 e. The van der Waals surface area contributed by atoms with E-state index >= 15 is 0 Å². The third kappa shape index (κ3) is 4.42. The Bertz CT molecular complexity index is 1150.